The first-order chi connectivity index (χ1) is 16.3. The van der Waals surface area contributed by atoms with E-state index in [-0.39, 0.29) is 42.1 Å². The van der Waals surface area contributed by atoms with Gasteiger partial charge in [-0.05, 0) is 46.4 Å². The van der Waals surface area contributed by atoms with Gasteiger partial charge in [-0.2, -0.15) is 0 Å². The smallest absolute Gasteiger partial charge is 0.407 e. The number of aliphatic carboxylic acids is 1. The molecule has 1 saturated carbocycles. The highest BCUT2D eigenvalue weighted by Gasteiger charge is 2.60. The van der Waals surface area contributed by atoms with Crippen molar-refractivity contribution in [2.45, 2.75) is 32.2 Å². The third-order valence-corrected chi connectivity index (χ3v) is 7.43. The number of carbonyl (C=O) groups is 3. The Hall–Kier alpha value is -3.35. The van der Waals surface area contributed by atoms with Crippen LogP contribution in [0.1, 0.15) is 37.3 Å². The first-order valence-electron chi connectivity index (χ1n) is 12.0. The number of ether oxygens (including phenoxy) is 1. The van der Waals surface area contributed by atoms with Gasteiger partial charge in [-0.25, -0.2) is 4.79 Å². The summed E-state index contributed by atoms with van der Waals surface area (Å²) in [5, 5.41) is 12.0. The fraction of sp³-hybridized carbons (Fsp3) is 0.444. The van der Waals surface area contributed by atoms with E-state index in [4.69, 9.17) is 4.74 Å². The minimum atomic E-state index is -0.780. The van der Waals surface area contributed by atoms with Crippen molar-refractivity contribution >= 4 is 18.0 Å². The normalized spacial score (nSPS) is 23.1. The molecule has 1 aliphatic heterocycles. The highest BCUT2D eigenvalue weighted by molar-refractivity contribution is 5.87. The molecule has 5 rings (SSSR count). The molecule has 3 atom stereocenters. The maximum atomic E-state index is 13.2. The van der Waals surface area contributed by atoms with E-state index in [1.807, 2.05) is 38.1 Å². The Kier molecular flexibility index (Phi) is 5.80. The highest BCUT2D eigenvalue weighted by Crippen LogP contribution is 2.52. The molecule has 2 aromatic carbocycles. The molecule has 2 unspecified atom stereocenters. The van der Waals surface area contributed by atoms with Gasteiger partial charge < -0.3 is 20.1 Å². The van der Waals surface area contributed by atoms with Crippen LogP contribution in [0.5, 0.6) is 0 Å². The number of likely N-dealkylation sites (tertiary alicyclic amines) is 1. The number of hydrogen-bond acceptors (Lipinski definition) is 4. The lowest BCUT2D eigenvalue weighted by molar-refractivity contribution is -0.141. The largest absolute Gasteiger partial charge is 0.481 e. The number of rotatable bonds is 7. The van der Waals surface area contributed by atoms with Gasteiger partial charge in [0.1, 0.15) is 12.6 Å². The van der Waals surface area contributed by atoms with Crippen LogP contribution in [0.15, 0.2) is 48.5 Å². The van der Waals surface area contributed by atoms with Crippen molar-refractivity contribution in [3.05, 3.63) is 59.7 Å². The van der Waals surface area contributed by atoms with Crippen molar-refractivity contribution in [2.75, 3.05) is 19.7 Å². The lowest BCUT2D eigenvalue weighted by atomic mass is 9.98. The lowest BCUT2D eigenvalue weighted by Gasteiger charge is -2.27. The van der Waals surface area contributed by atoms with Crippen LogP contribution in [0.3, 0.4) is 0 Å². The summed E-state index contributed by atoms with van der Waals surface area (Å²) in [4.78, 5) is 38.9. The second-order valence-electron chi connectivity index (χ2n) is 10.1. The van der Waals surface area contributed by atoms with Gasteiger partial charge in [-0.1, -0.05) is 62.4 Å². The number of alkyl carbamates (subject to hydrolysis) is 1. The quantitative estimate of drug-likeness (QED) is 0.654. The topological polar surface area (TPSA) is 95.9 Å². The Morgan fingerprint density at radius 3 is 2.09 bits per heavy atom. The molecule has 0 bridgehead atoms. The maximum Gasteiger partial charge on any atom is 0.407 e. The third-order valence-electron chi connectivity index (χ3n) is 7.43. The highest BCUT2D eigenvalue weighted by atomic mass is 16.5. The fourth-order valence-electron chi connectivity index (χ4n) is 5.77. The predicted molar refractivity (Wildman–Crippen MR) is 126 cm³/mol. The van der Waals surface area contributed by atoms with Crippen LogP contribution >= 0.6 is 0 Å². The first-order valence-corrected chi connectivity index (χ1v) is 12.0. The molecule has 0 aromatic heterocycles. The van der Waals surface area contributed by atoms with Crippen LogP contribution in [-0.4, -0.2) is 53.7 Å². The van der Waals surface area contributed by atoms with Gasteiger partial charge in [0, 0.05) is 19.0 Å². The van der Waals surface area contributed by atoms with Gasteiger partial charge >= 0.3 is 12.1 Å². The van der Waals surface area contributed by atoms with Crippen LogP contribution in [0.4, 0.5) is 4.79 Å². The number of hydrogen-bond donors (Lipinski definition) is 2. The molecule has 2 aliphatic carbocycles. The SMILES string of the molecule is CC(C)C[C@H](NC(=O)OCC1c2ccccc2-c2ccccc21)C(=O)N1CC2C(C1)C2C(=O)O. The van der Waals surface area contributed by atoms with E-state index in [0.29, 0.717) is 19.5 Å². The molecule has 7 nitrogen and oxygen atoms in total. The Morgan fingerprint density at radius 2 is 1.56 bits per heavy atom. The van der Waals surface area contributed by atoms with Gasteiger partial charge in [0.15, 0.2) is 0 Å². The number of benzene rings is 2. The van der Waals surface area contributed by atoms with Crippen LogP contribution in [0, 0.1) is 23.7 Å². The summed E-state index contributed by atoms with van der Waals surface area (Å²) in [6.45, 7) is 5.09. The summed E-state index contributed by atoms with van der Waals surface area (Å²) in [5.74, 6) is -1.03. The minimum absolute atomic E-state index is 0.0376. The molecule has 2 N–H and O–H groups in total. The average molecular weight is 463 g/mol. The van der Waals surface area contributed by atoms with Gasteiger partial charge in [-0.3, -0.25) is 9.59 Å². The number of carboxylic acid groups (broad SMARTS) is 1. The second kappa shape index (κ2) is 8.78. The predicted octanol–water partition coefficient (Wildman–Crippen LogP) is 3.73. The van der Waals surface area contributed by atoms with Crippen LogP contribution in [0.25, 0.3) is 11.1 Å². The van der Waals surface area contributed by atoms with Gasteiger partial charge in [0.25, 0.3) is 0 Å². The molecule has 2 fully saturated rings. The molecule has 178 valence electrons. The summed E-state index contributed by atoms with van der Waals surface area (Å²) in [5.41, 5.74) is 4.59. The van der Waals surface area contributed by atoms with Gasteiger partial charge in [0.05, 0.1) is 5.92 Å². The molecule has 34 heavy (non-hydrogen) atoms. The van der Waals surface area contributed by atoms with E-state index in [1.54, 1.807) is 4.90 Å². The maximum absolute atomic E-state index is 13.2. The number of carboxylic acids is 1. The van der Waals surface area contributed by atoms with E-state index in [2.05, 4.69) is 29.6 Å². The molecule has 3 aliphatic rings. The molecule has 7 heteroatoms. The summed E-state index contributed by atoms with van der Waals surface area (Å²) in [6, 6.07) is 15.6. The Balaban J connectivity index is 1.22. The number of fused-ring (bicyclic) bond motifs is 4. The van der Waals surface area contributed by atoms with Gasteiger partial charge in [0.2, 0.25) is 5.91 Å². The van der Waals surface area contributed by atoms with E-state index < -0.39 is 18.1 Å². The van der Waals surface area contributed by atoms with Crippen molar-refractivity contribution < 1.29 is 24.2 Å². The standard InChI is InChI=1S/C27H30N2O5/c1-15(2)11-23(25(30)29-12-20-21(13-29)24(20)26(31)32)28-27(33)34-14-22-18-9-5-3-7-16(18)17-8-4-6-10-19(17)22/h3-10,15,20-24H,11-14H2,1-2H3,(H,28,33)(H,31,32)/t20?,21?,23-,24?/m0/s1. The fourth-order valence-corrected chi connectivity index (χ4v) is 5.77. The van der Waals surface area contributed by atoms with Crippen molar-refractivity contribution in [3.8, 4) is 11.1 Å². The van der Waals surface area contributed by atoms with Crippen LogP contribution in [0.2, 0.25) is 0 Å². The molecule has 2 amide bonds. The number of amides is 2. The third kappa shape index (κ3) is 4.04. The van der Waals surface area contributed by atoms with E-state index in [0.717, 1.165) is 22.3 Å². The Labute approximate surface area is 199 Å². The number of nitrogens with zero attached hydrogens (tertiary/aromatic N) is 1. The van der Waals surface area contributed by atoms with Gasteiger partial charge in [-0.15, -0.1) is 0 Å². The minimum Gasteiger partial charge on any atom is -0.481 e. The zero-order valence-electron chi connectivity index (χ0n) is 19.4. The average Bonchev–Trinajstić information content (AvgIpc) is 3.17. The summed E-state index contributed by atoms with van der Waals surface area (Å²) in [7, 11) is 0. The Morgan fingerprint density at radius 1 is 1.00 bits per heavy atom. The monoisotopic (exact) mass is 462 g/mol. The van der Waals surface area contributed by atoms with E-state index in [1.165, 1.54) is 0 Å². The molecule has 1 saturated heterocycles. The van der Waals surface area contributed by atoms with Crippen molar-refractivity contribution in [1.29, 1.82) is 0 Å². The zero-order valence-corrected chi connectivity index (χ0v) is 19.4. The number of carbonyl (C=O) groups excluding carboxylic acids is 2. The molecule has 0 spiro atoms. The summed E-state index contributed by atoms with van der Waals surface area (Å²) < 4.78 is 5.64. The molecule has 0 radical (unpaired) electrons. The van der Waals surface area contributed by atoms with E-state index in [9.17, 15) is 19.5 Å². The number of nitrogens with one attached hydrogen (secondary N) is 1. The second-order valence-corrected chi connectivity index (χ2v) is 10.1. The van der Waals surface area contributed by atoms with Crippen molar-refractivity contribution in [1.82, 2.24) is 10.2 Å². The first kappa shape index (κ1) is 22.4. The lowest BCUT2D eigenvalue weighted by Crippen LogP contribution is -2.49. The summed E-state index contributed by atoms with van der Waals surface area (Å²) >= 11 is 0. The Bertz CT molecular complexity index is 1070. The molecular formula is C27H30N2O5. The van der Waals surface area contributed by atoms with Crippen LogP contribution in [-0.2, 0) is 14.3 Å². The molecular weight excluding hydrogens is 432 g/mol. The van der Waals surface area contributed by atoms with E-state index >= 15 is 0 Å². The molecule has 1 heterocycles. The summed E-state index contributed by atoms with van der Waals surface area (Å²) in [6.07, 6.45) is -0.106. The van der Waals surface area contributed by atoms with Crippen molar-refractivity contribution in [3.63, 3.8) is 0 Å². The zero-order chi connectivity index (χ0) is 24.0. The van der Waals surface area contributed by atoms with Crippen LogP contribution < -0.4 is 5.32 Å². The molecule has 2 aromatic rings. The number of piperidine rings is 1. The van der Waals surface area contributed by atoms with Crippen molar-refractivity contribution in [2.24, 2.45) is 23.7 Å².